The lowest BCUT2D eigenvalue weighted by Gasteiger charge is -2.35. The van der Waals surface area contributed by atoms with Crippen LogP contribution in [0.25, 0.3) is 11.2 Å². The highest BCUT2D eigenvalue weighted by Gasteiger charge is 2.70. The van der Waals surface area contributed by atoms with E-state index in [1.807, 2.05) is 4.57 Å². The van der Waals surface area contributed by atoms with Crippen LogP contribution in [-0.4, -0.2) is 61.7 Å². The van der Waals surface area contributed by atoms with E-state index in [-0.39, 0.29) is 18.6 Å². The van der Waals surface area contributed by atoms with Crippen LogP contribution in [0, 0.1) is 11.3 Å². The van der Waals surface area contributed by atoms with Crippen molar-refractivity contribution in [3.05, 3.63) is 11.1 Å². The first-order chi connectivity index (χ1) is 20.3. The molecule has 0 unspecified atom stereocenters. The molecule has 0 aromatic carbocycles. The molecule has 256 valence electrons. The van der Waals surface area contributed by atoms with Crippen LogP contribution in [0.1, 0.15) is 102 Å². The zero-order valence-electron chi connectivity index (χ0n) is 28.8. The largest absolute Gasteiger partial charge is 0.476 e. The maximum absolute atomic E-state index is 14.4. The Morgan fingerprint density at radius 3 is 1.89 bits per heavy atom. The van der Waals surface area contributed by atoms with Crippen LogP contribution >= 0.6 is 31.6 Å². The van der Waals surface area contributed by atoms with E-state index in [4.69, 9.17) is 27.1 Å². The highest BCUT2D eigenvalue weighted by Crippen LogP contribution is 2.73. The van der Waals surface area contributed by atoms with Gasteiger partial charge in [0.15, 0.2) is 17.0 Å². The second kappa shape index (κ2) is 12.2. The normalized spacial score (nSPS) is 24.7. The molecule has 2 aliphatic carbocycles. The zero-order chi connectivity index (χ0) is 34.0. The van der Waals surface area contributed by atoms with Crippen LogP contribution in [0.5, 0.6) is 0 Å². The van der Waals surface area contributed by atoms with Crippen molar-refractivity contribution in [2.24, 2.45) is 11.3 Å². The van der Waals surface area contributed by atoms with Gasteiger partial charge in [0.1, 0.15) is 0 Å². The summed E-state index contributed by atoms with van der Waals surface area (Å²) in [6.45, 7) is 21.5. The molecule has 0 bridgehead atoms. The van der Waals surface area contributed by atoms with Crippen molar-refractivity contribution in [1.82, 2.24) is 19.5 Å². The summed E-state index contributed by atoms with van der Waals surface area (Å²) in [6.07, 6.45) is 2.12. The third-order valence-corrected chi connectivity index (χ3v) is 11.4. The Bertz CT molecular complexity index is 1450. The molecule has 16 heteroatoms. The molecule has 2 aromatic rings. The molecule has 0 amide bonds. The van der Waals surface area contributed by atoms with Gasteiger partial charge in [-0.2, -0.15) is 0 Å². The van der Waals surface area contributed by atoms with Crippen molar-refractivity contribution in [2.75, 3.05) is 19.0 Å². The number of fused-ring (bicyclic) bond motifs is 2. The van der Waals surface area contributed by atoms with E-state index in [0.717, 1.165) is 0 Å². The number of phosphoric acid groups is 2. The van der Waals surface area contributed by atoms with Gasteiger partial charge in [-0.25, -0.2) is 24.1 Å². The predicted octanol–water partition coefficient (Wildman–Crippen LogP) is 8.46. The fourth-order valence-electron chi connectivity index (χ4n) is 5.71. The lowest BCUT2D eigenvalue weighted by Crippen LogP contribution is -2.32. The van der Waals surface area contributed by atoms with Crippen LogP contribution in [0.15, 0.2) is 11.1 Å². The first-order valence-electron chi connectivity index (χ1n) is 15.2. The summed E-state index contributed by atoms with van der Waals surface area (Å²) < 4.78 is 67.3. The van der Waals surface area contributed by atoms with Crippen LogP contribution < -0.4 is 5.32 Å². The molecule has 0 saturated heterocycles. The highest BCUT2D eigenvalue weighted by atomic mass is 79.9. The van der Waals surface area contributed by atoms with Crippen molar-refractivity contribution >= 4 is 48.6 Å². The number of halogens is 1. The molecule has 2 aromatic heterocycles. The molecule has 2 heterocycles. The molecular weight excluding hydrogens is 688 g/mol. The second-order valence-corrected chi connectivity index (χ2v) is 19.5. The number of nitrogens with zero attached hydrogens (tertiary/aromatic N) is 4. The highest BCUT2D eigenvalue weighted by molar-refractivity contribution is 9.10. The van der Waals surface area contributed by atoms with Gasteiger partial charge in [0.2, 0.25) is 4.73 Å². The SMILES string of the molecule is CNc1nc(Br)nc2c1ncn2[C@H]1C[C@H](OP(=O)(OC(C)(C)C)OC(C)(C)C)[C@@]2(COP(=O)(OC(C)(C)C)OC(C)(C)C)C[C@H]12. The third kappa shape index (κ3) is 9.15. The monoisotopic (exact) mass is 737 g/mol. The van der Waals surface area contributed by atoms with Crippen molar-refractivity contribution < 1.29 is 36.3 Å². The van der Waals surface area contributed by atoms with Gasteiger partial charge in [0.25, 0.3) is 0 Å². The van der Waals surface area contributed by atoms with E-state index in [9.17, 15) is 9.13 Å². The number of rotatable bonds is 11. The van der Waals surface area contributed by atoms with Gasteiger partial charge >= 0.3 is 15.6 Å². The van der Waals surface area contributed by atoms with E-state index in [1.54, 1.807) is 96.5 Å². The van der Waals surface area contributed by atoms with Crippen LogP contribution in [-0.2, 0) is 36.3 Å². The van der Waals surface area contributed by atoms with Gasteiger partial charge in [0, 0.05) is 18.5 Å². The minimum absolute atomic E-state index is 0.0258. The Labute approximate surface area is 275 Å². The van der Waals surface area contributed by atoms with E-state index in [1.165, 1.54) is 0 Å². The number of hydrogen-bond acceptors (Lipinski definition) is 12. The van der Waals surface area contributed by atoms with Gasteiger partial charge in [-0.15, -0.1) is 0 Å². The van der Waals surface area contributed by atoms with Crippen LogP contribution in [0.3, 0.4) is 0 Å². The molecule has 13 nitrogen and oxygen atoms in total. The summed E-state index contributed by atoms with van der Waals surface area (Å²) >= 11 is 3.41. The van der Waals surface area contributed by atoms with Gasteiger partial charge < -0.3 is 9.88 Å². The Morgan fingerprint density at radius 2 is 1.40 bits per heavy atom. The third-order valence-electron chi connectivity index (χ3n) is 7.02. The molecule has 0 aliphatic heterocycles. The number of nitrogens with one attached hydrogen (secondary N) is 1. The van der Waals surface area contributed by atoms with E-state index in [2.05, 4.69) is 36.2 Å². The van der Waals surface area contributed by atoms with Crippen molar-refractivity contribution in [2.45, 2.75) is 130 Å². The number of hydrogen-bond donors (Lipinski definition) is 1. The maximum atomic E-state index is 14.4. The molecule has 2 saturated carbocycles. The quantitative estimate of drug-likeness (QED) is 0.174. The molecule has 2 aliphatic rings. The average Bonchev–Trinajstić information content (AvgIpc) is 3.26. The standard InChI is InChI=1S/C29H50BrN5O8P2/c1-25(2,3)40-44(36,41-26(4,5)6)38-16-29-15-18(29)19(35-17-32-21-22(31-13)33-24(30)34-23(21)35)14-20(29)39-45(37,42-27(7,8)9)43-28(10,11)12/h17-20H,14-16H2,1-13H3,(H,31,33,34)/t18-,19+,20+,29-/m1/s1. The molecule has 0 radical (unpaired) electrons. The van der Waals surface area contributed by atoms with Crippen LogP contribution in [0.4, 0.5) is 5.82 Å². The predicted molar refractivity (Wildman–Crippen MR) is 176 cm³/mol. The maximum Gasteiger partial charge on any atom is 0.476 e. The smallest absolute Gasteiger partial charge is 0.371 e. The molecule has 0 spiro atoms. The first-order valence-corrected chi connectivity index (χ1v) is 18.9. The molecular formula is C29H50BrN5O8P2. The van der Waals surface area contributed by atoms with E-state index >= 15 is 0 Å². The van der Waals surface area contributed by atoms with Gasteiger partial charge in [-0.05, 0) is 118 Å². The van der Waals surface area contributed by atoms with E-state index in [0.29, 0.717) is 34.6 Å². The fourth-order valence-corrected chi connectivity index (χ4v) is 10.0. The minimum atomic E-state index is -4.12. The summed E-state index contributed by atoms with van der Waals surface area (Å²) in [5.41, 5.74) is -2.71. The fraction of sp³-hybridized carbons (Fsp3) is 0.828. The number of anilines is 1. The topological polar surface area (TPSA) is 145 Å². The summed E-state index contributed by atoms with van der Waals surface area (Å²) in [5, 5.41) is 3.07. The second-order valence-electron chi connectivity index (χ2n) is 15.8. The lowest BCUT2D eigenvalue weighted by molar-refractivity contribution is -0.0352. The van der Waals surface area contributed by atoms with Crippen molar-refractivity contribution in [3.8, 4) is 0 Å². The summed E-state index contributed by atoms with van der Waals surface area (Å²) in [5.74, 6) is 0.560. The van der Waals surface area contributed by atoms with Gasteiger partial charge in [0.05, 0.1) is 41.4 Å². The lowest BCUT2D eigenvalue weighted by atomic mass is 10.0. The molecule has 2 fully saturated rings. The molecule has 4 rings (SSSR count). The van der Waals surface area contributed by atoms with Crippen molar-refractivity contribution in [3.63, 3.8) is 0 Å². The van der Waals surface area contributed by atoms with Crippen molar-refractivity contribution in [1.29, 1.82) is 0 Å². The average molecular weight is 739 g/mol. The number of aromatic nitrogens is 4. The minimum Gasteiger partial charge on any atom is -0.371 e. The van der Waals surface area contributed by atoms with E-state index < -0.39 is 49.6 Å². The molecule has 45 heavy (non-hydrogen) atoms. The Morgan fingerprint density at radius 1 is 0.889 bits per heavy atom. The van der Waals surface area contributed by atoms with Gasteiger partial charge in [-0.3, -0.25) is 27.1 Å². The molecule has 4 atom stereocenters. The molecule has 1 N–H and O–H groups in total. The summed E-state index contributed by atoms with van der Waals surface area (Å²) in [7, 11) is -6.40. The van der Waals surface area contributed by atoms with Gasteiger partial charge in [-0.1, -0.05) is 0 Å². The summed E-state index contributed by atoms with van der Waals surface area (Å²) in [6, 6.07) is -0.167. The zero-order valence-corrected chi connectivity index (χ0v) is 32.1. The Kier molecular flexibility index (Phi) is 9.98. The summed E-state index contributed by atoms with van der Waals surface area (Å²) in [4.78, 5) is 13.6. The van der Waals surface area contributed by atoms with Crippen LogP contribution in [0.2, 0.25) is 0 Å². The number of imidazole rings is 1. The number of phosphoric ester groups is 2. The first kappa shape index (κ1) is 36.9. The Hall–Kier alpha value is -0.950. The Balaban J connectivity index is 1.75.